The first-order valence-electron chi connectivity index (χ1n) is 2.97. The highest BCUT2D eigenvalue weighted by molar-refractivity contribution is 6.00. The van der Waals surface area contributed by atoms with E-state index in [0.29, 0.717) is 0 Å². The van der Waals surface area contributed by atoms with E-state index in [1.165, 1.54) is 0 Å². The third kappa shape index (κ3) is 1.31. The monoisotopic (exact) mass is 160 g/mol. The fourth-order valence-corrected chi connectivity index (χ4v) is 0.765. The van der Waals surface area contributed by atoms with Gasteiger partial charge in [-0.15, -0.1) is 0 Å². The predicted molar refractivity (Wildman–Crippen MR) is 33.3 cm³/mol. The fourth-order valence-electron chi connectivity index (χ4n) is 0.765. The van der Waals surface area contributed by atoms with Crippen LogP contribution in [0, 0.1) is 0 Å². The zero-order valence-electron chi connectivity index (χ0n) is 5.79. The molecule has 6 heteroatoms. The molecule has 11 heavy (non-hydrogen) atoms. The Labute approximate surface area is 62.2 Å². The number of urea groups is 1. The second-order valence-electron chi connectivity index (χ2n) is 2.49. The molecule has 1 fully saturated rings. The van der Waals surface area contributed by atoms with Gasteiger partial charge in [-0.1, -0.05) is 0 Å². The maximum Gasteiger partial charge on any atom is 0.323 e. The molecule has 4 N–H and O–H groups in total. The Hall–Kier alpha value is -1.14. The average molecular weight is 160 g/mol. The van der Waals surface area contributed by atoms with E-state index in [9.17, 15) is 9.59 Å². The third-order valence-electron chi connectivity index (χ3n) is 1.38. The maximum atomic E-state index is 10.6. The summed E-state index contributed by atoms with van der Waals surface area (Å²) in [6, 6.07) is -0.815. The molecule has 1 aliphatic rings. The van der Waals surface area contributed by atoms with Crippen molar-refractivity contribution in [1.29, 1.82) is 0 Å². The zero-order chi connectivity index (χ0) is 8.65. The van der Waals surface area contributed by atoms with Gasteiger partial charge in [-0.05, 0) is 6.92 Å². The summed E-state index contributed by atoms with van der Waals surface area (Å²) in [4.78, 5) is 21.2. The van der Waals surface area contributed by atoms with Gasteiger partial charge in [0, 0.05) is 0 Å². The second-order valence-corrected chi connectivity index (χ2v) is 2.49. The average Bonchev–Trinajstić information content (AvgIpc) is 1.81. The lowest BCUT2D eigenvalue weighted by Crippen LogP contribution is -2.68. The first kappa shape index (κ1) is 7.96. The standard InChI is InChI=1S/C5H8N2O4/c1-5(11)2(8)3(9)6-4(10)7-5/h2,8,11H,1H3,(H2,6,7,9,10). The summed E-state index contributed by atoms with van der Waals surface area (Å²) in [5.74, 6) is -0.904. The van der Waals surface area contributed by atoms with Crippen molar-refractivity contribution in [2.75, 3.05) is 0 Å². The van der Waals surface area contributed by atoms with Crippen molar-refractivity contribution in [2.45, 2.75) is 18.8 Å². The molecule has 0 aromatic rings. The second kappa shape index (κ2) is 2.18. The molecule has 1 saturated heterocycles. The lowest BCUT2D eigenvalue weighted by Gasteiger charge is -2.32. The first-order chi connectivity index (χ1) is 4.93. The van der Waals surface area contributed by atoms with Crippen molar-refractivity contribution in [1.82, 2.24) is 10.6 Å². The predicted octanol–water partition coefficient (Wildman–Crippen LogP) is -2.10. The normalized spacial score (nSPS) is 37.9. The number of amides is 3. The Bertz CT molecular complexity index is 213. The van der Waals surface area contributed by atoms with E-state index in [1.807, 2.05) is 5.32 Å². The largest absolute Gasteiger partial charge is 0.379 e. The van der Waals surface area contributed by atoms with Crippen LogP contribution in [0.2, 0.25) is 0 Å². The zero-order valence-corrected chi connectivity index (χ0v) is 5.79. The summed E-state index contributed by atoms with van der Waals surface area (Å²) >= 11 is 0. The molecule has 0 bridgehead atoms. The van der Waals surface area contributed by atoms with Crippen LogP contribution in [-0.2, 0) is 4.79 Å². The van der Waals surface area contributed by atoms with Crippen LogP contribution in [0.5, 0.6) is 0 Å². The van der Waals surface area contributed by atoms with Crippen molar-refractivity contribution in [3.8, 4) is 0 Å². The molecular formula is C5H8N2O4. The number of hydrogen-bond acceptors (Lipinski definition) is 4. The van der Waals surface area contributed by atoms with Crippen LogP contribution in [-0.4, -0.2) is 34.0 Å². The van der Waals surface area contributed by atoms with Crippen LogP contribution in [0.25, 0.3) is 0 Å². The minimum Gasteiger partial charge on any atom is -0.379 e. The van der Waals surface area contributed by atoms with Gasteiger partial charge in [0.15, 0.2) is 11.8 Å². The molecule has 1 rings (SSSR count). The molecule has 2 atom stereocenters. The number of nitrogens with one attached hydrogen (secondary N) is 2. The summed E-state index contributed by atoms with van der Waals surface area (Å²) in [6.45, 7) is 1.13. The highest BCUT2D eigenvalue weighted by Crippen LogP contribution is 2.08. The Balaban J connectivity index is 2.83. The van der Waals surface area contributed by atoms with Crippen LogP contribution in [0.15, 0.2) is 0 Å². The van der Waals surface area contributed by atoms with E-state index in [2.05, 4.69) is 0 Å². The molecule has 62 valence electrons. The van der Waals surface area contributed by atoms with Crippen LogP contribution < -0.4 is 10.6 Å². The lowest BCUT2D eigenvalue weighted by atomic mass is 10.1. The Kier molecular flexibility index (Phi) is 1.57. The number of hydrogen-bond donors (Lipinski definition) is 4. The van der Waals surface area contributed by atoms with Gasteiger partial charge in [0.05, 0.1) is 0 Å². The molecule has 0 aromatic heterocycles. The lowest BCUT2D eigenvalue weighted by molar-refractivity contribution is -0.149. The van der Waals surface area contributed by atoms with Crippen LogP contribution in [0.1, 0.15) is 6.92 Å². The molecular weight excluding hydrogens is 152 g/mol. The highest BCUT2D eigenvalue weighted by Gasteiger charge is 2.42. The molecule has 0 aliphatic carbocycles. The fraction of sp³-hybridized carbons (Fsp3) is 0.600. The number of rotatable bonds is 0. The summed E-state index contributed by atoms with van der Waals surface area (Å²) in [5, 5.41) is 21.8. The van der Waals surface area contributed by atoms with Crippen molar-refractivity contribution < 1.29 is 19.8 Å². The van der Waals surface area contributed by atoms with E-state index >= 15 is 0 Å². The molecule has 1 heterocycles. The van der Waals surface area contributed by atoms with Gasteiger partial charge in [-0.3, -0.25) is 10.1 Å². The van der Waals surface area contributed by atoms with E-state index in [1.54, 1.807) is 5.32 Å². The van der Waals surface area contributed by atoms with Gasteiger partial charge in [-0.2, -0.15) is 0 Å². The third-order valence-corrected chi connectivity index (χ3v) is 1.38. The van der Waals surface area contributed by atoms with Gasteiger partial charge < -0.3 is 15.5 Å². The van der Waals surface area contributed by atoms with Gasteiger partial charge in [-0.25, -0.2) is 4.79 Å². The van der Waals surface area contributed by atoms with E-state index < -0.39 is 23.8 Å². The summed E-state index contributed by atoms with van der Waals surface area (Å²) in [7, 11) is 0. The van der Waals surface area contributed by atoms with Gasteiger partial charge in [0.25, 0.3) is 5.91 Å². The topological polar surface area (TPSA) is 98.7 Å². The first-order valence-corrected chi connectivity index (χ1v) is 2.97. The minimum absolute atomic E-state index is 0.815. The van der Waals surface area contributed by atoms with E-state index in [4.69, 9.17) is 10.2 Å². The van der Waals surface area contributed by atoms with Gasteiger partial charge in [0.1, 0.15) is 0 Å². The highest BCUT2D eigenvalue weighted by atomic mass is 16.4. The van der Waals surface area contributed by atoms with Crippen LogP contribution in [0.4, 0.5) is 4.79 Å². The molecule has 1 aliphatic heterocycles. The number of aliphatic hydroxyl groups is 2. The van der Waals surface area contributed by atoms with Crippen molar-refractivity contribution >= 4 is 11.9 Å². The van der Waals surface area contributed by atoms with Crippen molar-refractivity contribution in [3.05, 3.63) is 0 Å². The quantitative estimate of drug-likeness (QED) is 0.326. The molecule has 0 radical (unpaired) electrons. The molecule has 3 amide bonds. The number of aliphatic hydroxyl groups excluding tert-OH is 1. The number of carbonyl (C=O) groups is 2. The SMILES string of the molecule is CC1(O)NC(=O)NC(=O)C1O. The molecule has 2 unspecified atom stereocenters. The van der Waals surface area contributed by atoms with Crippen molar-refractivity contribution in [2.24, 2.45) is 0 Å². The van der Waals surface area contributed by atoms with E-state index in [-0.39, 0.29) is 0 Å². The molecule has 6 nitrogen and oxygen atoms in total. The van der Waals surface area contributed by atoms with Crippen LogP contribution in [0.3, 0.4) is 0 Å². The molecule has 0 aromatic carbocycles. The minimum atomic E-state index is -1.88. The number of carbonyl (C=O) groups excluding carboxylic acids is 2. The summed E-state index contributed by atoms with van der Waals surface area (Å²) in [6.07, 6.45) is -1.62. The van der Waals surface area contributed by atoms with Crippen molar-refractivity contribution in [3.63, 3.8) is 0 Å². The smallest absolute Gasteiger partial charge is 0.323 e. The Morgan fingerprint density at radius 3 is 2.55 bits per heavy atom. The molecule has 0 spiro atoms. The van der Waals surface area contributed by atoms with Gasteiger partial charge >= 0.3 is 6.03 Å². The van der Waals surface area contributed by atoms with E-state index in [0.717, 1.165) is 6.92 Å². The number of imide groups is 1. The maximum absolute atomic E-state index is 10.6. The molecule has 0 saturated carbocycles. The summed E-state index contributed by atoms with van der Waals surface area (Å²) in [5.41, 5.74) is -1.88. The summed E-state index contributed by atoms with van der Waals surface area (Å²) < 4.78 is 0. The van der Waals surface area contributed by atoms with Gasteiger partial charge in [0.2, 0.25) is 0 Å². The van der Waals surface area contributed by atoms with Crippen LogP contribution >= 0.6 is 0 Å². The Morgan fingerprint density at radius 2 is 2.09 bits per heavy atom. The Morgan fingerprint density at radius 1 is 1.55 bits per heavy atom.